The number of benzene rings is 2. The van der Waals surface area contributed by atoms with Gasteiger partial charge in [-0.3, -0.25) is 9.59 Å². The van der Waals surface area contributed by atoms with Gasteiger partial charge in [-0.15, -0.1) is 11.8 Å². The molecule has 3 rings (SSSR count). The van der Waals surface area contributed by atoms with E-state index in [2.05, 4.69) is 19.1 Å². The monoisotopic (exact) mass is 367 g/mol. The van der Waals surface area contributed by atoms with E-state index in [0.29, 0.717) is 5.75 Å². The molecular formula is C22H25NO2S. The molecule has 0 bridgehead atoms. The zero-order chi connectivity index (χ0) is 18.8. The zero-order valence-electron chi connectivity index (χ0n) is 15.9. The summed E-state index contributed by atoms with van der Waals surface area (Å²) in [5.74, 6) is 1.47. The van der Waals surface area contributed by atoms with Crippen molar-refractivity contribution in [2.24, 2.45) is 0 Å². The molecule has 26 heavy (non-hydrogen) atoms. The van der Waals surface area contributed by atoms with Crippen LogP contribution < -0.4 is 4.90 Å². The molecule has 0 unspecified atom stereocenters. The fraction of sp³-hybridized carbons (Fsp3) is 0.364. The van der Waals surface area contributed by atoms with Crippen molar-refractivity contribution in [1.82, 2.24) is 0 Å². The molecular weight excluding hydrogens is 342 g/mol. The van der Waals surface area contributed by atoms with Crippen LogP contribution in [0.2, 0.25) is 0 Å². The molecule has 3 nitrogen and oxygen atoms in total. The van der Waals surface area contributed by atoms with Crippen LogP contribution in [-0.2, 0) is 17.0 Å². The quantitative estimate of drug-likeness (QED) is 0.723. The number of para-hydroxylation sites is 1. The summed E-state index contributed by atoms with van der Waals surface area (Å²) >= 11 is 1.63. The molecule has 1 heterocycles. The summed E-state index contributed by atoms with van der Waals surface area (Å²) in [6.45, 7) is 8.48. The third kappa shape index (κ3) is 3.56. The number of carbonyl (C=O) groups excluding carboxylic acids is 2. The second-order valence-electron chi connectivity index (χ2n) is 6.96. The van der Waals surface area contributed by atoms with Crippen molar-refractivity contribution in [3.63, 3.8) is 0 Å². The van der Waals surface area contributed by atoms with Crippen LogP contribution in [0.5, 0.6) is 0 Å². The smallest absolute Gasteiger partial charge is 0.237 e. The second-order valence-corrected chi connectivity index (χ2v) is 7.95. The maximum Gasteiger partial charge on any atom is 0.237 e. The van der Waals surface area contributed by atoms with E-state index < -0.39 is 0 Å². The molecule has 0 spiro atoms. The molecule has 0 atom stereocenters. The average Bonchev–Trinajstić information content (AvgIpc) is 3.01. The van der Waals surface area contributed by atoms with Gasteiger partial charge in [0.25, 0.3) is 0 Å². The van der Waals surface area contributed by atoms with Gasteiger partial charge in [-0.05, 0) is 68.0 Å². The molecule has 1 aliphatic heterocycles. The first-order chi connectivity index (χ1) is 12.4. The number of Topliss-reactive ketones (excluding diaryl/α,β-unsaturated/α-hetero) is 1. The van der Waals surface area contributed by atoms with E-state index in [9.17, 15) is 9.59 Å². The van der Waals surface area contributed by atoms with Gasteiger partial charge in [0.05, 0.1) is 5.75 Å². The molecule has 2 aromatic carbocycles. The number of fused-ring (bicyclic) bond motifs is 1. The minimum Gasteiger partial charge on any atom is -0.311 e. The Morgan fingerprint density at radius 3 is 2.58 bits per heavy atom. The van der Waals surface area contributed by atoms with Gasteiger partial charge in [-0.25, -0.2) is 0 Å². The van der Waals surface area contributed by atoms with E-state index >= 15 is 0 Å². The number of carbonyl (C=O) groups is 2. The van der Waals surface area contributed by atoms with Crippen LogP contribution >= 0.6 is 11.8 Å². The van der Waals surface area contributed by atoms with Gasteiger partial charge in [0.1, 0.15) is 0 Å². The first kappa shape index (κ1) is 18.7. The number of thioether (sulfide) groups is 1. The zero-order valence-corrected chi connectivity index (χ0v) is 16.7. The lowest BCUT2D eigenvalue weighted by Crippen LogP contribution is -2.30. The number of anilines is 1. The molecule has 0 radical (unpaired) electrons. The number of aryl methyl sites for hydroxylation is 2. The lowest BCUT2D eigenvalue weighted by molar-refractivity contribution is -0.116. The Morgan fingerprint density at radius 1 is 1.12 bits per heavy atom. The summed E-state index contributed by atoms with van der Waals surface area (Å²) in [6.07, 6.45) is 0.935. The van der Waals surface area contributed by atoms with Gasteiger partial charge in [0.15, 0.2) is 5.78 Å². The summed E-state index contributed by atoms with van der Waals surface area (Å²) in [6, 6.07) is 10.2. The van der Waals surface area contributed by atoms with Crippen molar-refractivity contribution in [3.05, 3.63) is 63.7 Å². The standard InChI is InChI=1S/C22H25NO2S/c1-14-11-15(2)22(17(4)24)16(3)19(14)12-26-13-21(25)23-10-9-18-7-5-6-8-20(18)23/h5-8,11H,9-10,12-13H2,1-4H3. The molecule has 0 aliphatic carbocycles. The Bertz CT molecular complexity index is 873. The Morgan fingerprint density at radius 2 is 1.85 bits per heavy atom. The first-order valence-corrected chi connectivity index (χ1v) is 10.1. The normalized spacial score (nSPS) is 13.0. The maximum absolute atomic E-state index is 12.6. The molecule has 0 saturated heterocycles. The van der Waals surface area contributed by atoms with Crippen molar-refractivity contribution in [2.45, 2.75) is 39.9 Å². The van der Waals surface area contributed by atoms with E-state index in [0.717, 1.165) is 41.1 Å². The van der Waals surface area contributed by atoms with Gasteiger partial charge < -0.3 is 4.90 Å². The van der Waals surface area contributed by atoms with Crippen LogP contribution in [0.1, 0.15) is 45.1 Å². The van der Waals surface area contributed by atoms with Crippen LogP contribution in [0, 0.1) is 20.8 Å². The van der Waals surface area contributed by atoms with Gasteiger partial charge in [0, 0.05) is 23.5 Å². The first-order valence-electron chi connectivity index (χ1n) is 8.96. The second kappa shape index (κ2) is 7.67. The summed E-state index contributed by atoms with van der Waals surface area (Å²) in [4.78, 5) is 26.5. The number of ketones is 1. The summed E-state index contributed by atoms with van der Waals surface area (Å²) in [7, 11) is 0. The lowest BCUT2D eigenvalue weighted by Gasteiger charge is -2.18. The number of rotatable bonds is 5. The Labute approximate surface area is 159 Å². The van der Waals surface area contributed by atoms with Gasteiger partial charge in [-0.1, -0.05) is 24.3 Å². The SMILES string of the molecule is CC(=O)c1c(C)cc(C)c(CSCC(=O)N2CCc3ccccc32)c1C. The fourth-order valence-electron chi connectivity index (χ4n) is 3.91. The Kier molecular flexibility index (Phi) is 5.52. The molecule has 0 fully saturated rings. The van der Waals surface area contributed by atoms with Crippen LogP contribution in [0.25, 0.3) is 0 Å². The highest BCUT2D eigenvalue weighted by Crippen LogP contribution is 2.29. The predicted molar refractivity (Wildman–Crippen MR) is 109 cm³/mol. The van der Waals surface area contributed by atoms with Gasteiger partial charge in [0.2, 0.25) is 5.91 Å². The van der Waals surface area contributed by atoms with Crippen molar-refractivity contribution in [3.8, 4) is 0 Å². The molecule has 0 N–H and O–H groups in total. The van der Waals surface area contributed by atoms with E-state index in [1.807, 2.05) is 36.9 Å². The summed E-state index contributed by atoms with van der Waals surface area (Å²) in [5.41, 5.74) is 7.59. The Balaban J connectivity index is 1.68. The molecule has 1 aliphatic rings. The van der Waals surface area contributed by atoms with Gasteiger partial charge in [-0.2, -0.15) is 0 Å². The fourth-order valence-corrected chi connectivity index (χ4v) is 4.99. The number of nitrogens with zero attached hydrogens (tertiary/aromatic N) is 1. The van der Waals surface area contributed by atoms with Crippen LogP contribution in [0.15, 0.2) is 30.3 Å². The Hall–Kier alpha value is -2.07. The maximum atomic E-state index is 12.6. The lowest BCUT2D eigenvalue weighted by atomic mass is 9.92. The molecule has 0 aromatic heterocycles. The van der Waals surface area contributed by atoms with Crippen LogP contribution in [-0.4, -0.2) is 24.0 Å². The topological polar surface area (TPSA) is 37.4 Å². The average molecular weight is 368 g/mol. The highest BCUT2D eigenvalue weighted by Gasteiger charge is 2.24. The molecule has 2 aromatic rings. The van der Waals surface area contributed by atoms with Crippen LogP contribution in [0.4, 0.5) is 5.69 Å². The number of hydrogen-bond donors (Lipinski definition) is 0. The van der Waals surface area contributed by atoms with E-state index in [1.54, 1.807) is 18.7 Å². The van der Waals surface area contributed by atoms with E-state index in [1.165, 1.54) is 16.7 Å². The van der Waals surface area contributed by atoms with Crippen LogP contribution in [0.3, 0.4) is 0 Å². The molecule has 1 amide bonds. The predicted octanol–water partition coefficient (Wildman–Crippen LogP) is 4.64. The third-order valence-corrected chi connectivity index (χ3v) is 6.09. The minimum atomic E-state index is 0.107. The molecule has 4 heteroatoms. The van der Waals surface area contributed by atoms with E-state index in [-0.39, 0.29) is 11.7 Å². The summed E-state index contributed by atoms with van der Waals surface area (Å²) in [5, 5.41) is 0. The molecule has 0 saturated carbocycles. The summed E-state index contributed by atoms with van der Waals surface area (Å²) < 4.78 is 0. The van der Waals surface area contributed by atoms with Crippen molar-refractivity contribution >= 4 is 29.1 Å². The van der Waals surface area contributed by atoms with Crippen molar-refractivity contribution < 1.29 is 9.59 Å². The van der Waals surface area contributed by atoms with Crippen molar-refractivity contribution in [1.29, 1.82) is 0 Å². The minimum absolute atomic E-state index is 0.107. The largest absolute Gasteiger partial charge is 0.311 e. The highest BCUT2D eigenvalue weighted by atomic mass is 32.2. The number of hydrogen-bond acceptors (Lipinski definition) is 3. The van der Waals surface area contributed by atoms with E-state index in [4.69, 9.17) is 0 Å². The van der Waals surface area contributed by atoms with Gasteiger partial charge >= 0.3 is 0 Å². The third-order valence-electron chi connectivity index (χ3n) is 5.14. The molecule has 136 valence electrons. The highest BCUT2D eigenvalue weighted by molar-refractivity contribution is 7.99. The van der Waals surface area contributed by atoms with Crippen molar-refractivity contribution in [2.75, 3.05) is 17.2 Å². The number of amides is 1.